The maximum atomic E-state index is 10.1. The molecule has 1 unspecified atom stereocenters. The molecule has 27 heavy (non-hydrogen) atoms. The van der Waals surface area contributed by atoms with Crippen LogP contribution in [-0.2, 0) is 0 Å². The maximum absolute atomic E-state index is 10.1. The van der Waals surface area contributed by atoms with E-state index >= 15 is 0 Å². The summed E-state index contributed by atoms with van der Waals surface area (Å²) in [5.74, 6) is 1.43. The number of aromatic nitrogens is 2. The van der Waals surface area contributed by atoms with Crippen molar-refractivity contribution in [1.82, 2.24) is 9.55 Å². The Morgan fingerprint density at radius 1 is 1.41 bits per heavy atom. The largest absolute Gasteiger partial charge is 0.490 e. The fourth-order valence-electron chi connectivity index (χ4n) is 3.12. The van der Waals surface area contributed by atoms with Gasteiger partial charge in [0.15, 0.2) is 0 Å². The molecule has 2 aromatic rings. The average Bonchev–Trinajstić information content (AvgIpc) is 3.04. The standard InChI is InChI=1S/C17H20N4O3S3/c18-4-5-24-10-2-1-3-11-15(10)19-16-12(26-11)7-21(17(25)20-16)14-6-9(23)13(8-22)27-14/h1-3,7,9,13-14,22-23H,4-6,8,18H2,(H,19,20,25)/t9?,13-,14-/m1/s1. The summed E-state index contributed by atoms with van der Waals surface area (Å²) < 4.78 is 8.07. The fraction of sp³-hybridized carbons (Fsp3) is 0.412. The second-order valence-corrected chi connectivity index (χ2v) is 9.12. The smallest absolute Gasteiger partial charge is 0.202 e. The second kappa shape index (κ2) is 7.98. The van der Waals surface area contributed by atoms with Crippen molar-refractivity contribution in [1.29, 1.82) is 0 Å². The molecule has 3 heterocycles. The van der Waals surface area contributed by atoms with E-state index in [1.165, 1.54) is 11.8 Å². The van der Waals surface area contributed by atoms with Crippen molar-refractivity contribution in [3.05, 3.63) is 29.2 Å². The normalized spacial score (nSPS) is 23.4. The number of benzene rings is 1. The van der Waals surface area contributed by atoms with Gasteiger partial charge in [-0.1, -0.05) is 17.8 Å². The van der Waals surface area contributed by atoms with Gasteiger partial charge in [-0.15, -0.1) is 11.8 Å². The number of nitrogens with one attached hydrogen (secondary N) is 1. The highest BCUT2D eigenvalue weighted by atomic mass is 32.2. The van der Waals surface area contributed by atoms with E-state index in [-0.39, 0.29) is 17.2 Å². The molecule has 5 N–H and O–H groups in total. The molecule has 1 fully saturated rings. The van der Waals surface area contributed by atoms with Crippen LogP contribution in [0.4, 0.5) is 11.5 Å². The Balaban J connectivity index is 1.64. The van der Waals surface area contributed by atoms with Crippen molar-refractivity contribution in [3.63, 3.8) is 0 Å². The zero-order valence-corrected chi connectivity index (χ0v) is 16.8. The van der Waals surface area contributed by atoms with Gasteiger partial charge in [0, 0.05) is 24.1 Å². The molecule has 7 nitrogen and oxygen atoms in total. The van der Waals surface area contributed by atoms with E-state index < -0.39 is 6.10 Å². The number of anilines is 2. The van der Waals surface area contributed by atoms with Crippen LogP contribution in [0.25, 0.3) is 0 Å². The second-order valence-electron chi connectivity index (χ2n) is 6.25. The minimum absolute atomic E-state index is 0.0383. The van der Waals surface area contributed by atoms with Crippen molar-refractivity contribution in [3.8, 4) is 5.75 Å². The van der Waals surface area contributed by atoms with Gasteiger partial charge in [0.05, 0.1) is 33.9 Å². The lowest BCUT2D eigenvalue weighted by Gasteiger charge is -2.24. The SMILES string of the molecule is NCCOc1cccc2c1Nc1nc(=S)n([C@H]3CC(O)[C@@H](CO)S3)cc1S2. The first-order chi connectivity index (χ1) is 13.1. The molecule has 0 amide bonds. The first-order valence-corrected chi connectivity index (χ1v) is 10.8. The number of hydrogen-bond acceptors (Lipinski definition) is 9. The van der Waals surface area contributed by atoms with Crippen LogP contribution in [-0.4, -0.2) is 50.9 Å². The van der Waals surface area contributed by atoms with Crippen LogP contribution >= 0.6 is 35.7 Å². The van der Waals surface area contributed by atoms with Gasteiger partial charge in [0.25, 0.3) is 0 Å². The molecule has 0 spiro atoms. The highest BCUT2D eigenvalue weighted by Gasteiger charge is 2.35. The summed E-state index contributed by atoms with van der Waals surface area (Å²) in [5.41, 5.74) is 6.41. The molecule has 144 valence electrons. The molecule has 1 aromatic heterocycles. The van der Waals surface area contributed by atoms with Crippen molar-refractivity contribution >= 4 is 47.2 Å². The molecule has 0 bridgehead atoms. The van der Waals surface area contributed by atoms with E-state index in [1.807, 2.05) is 29.0 Å². The van der Waals surface area contributed by atoms with Crippen molar-refractivity contribution in [2.45, 2.75) is 32.9 Å². The molecule has 10 heteroatoms. The summed E-state index contributed by atoms with van der Waals surface area (Å²) in [6.45, 7) is 0.836. The number of rotatable bonds is 5. The Labute approximate surface area is 170 Å². The number of nitrogens with zero attached hydrogens (tertiary/aromatic N) is 2. The highest BCUT2D eigenvalue weighted by molar-refractivity contribution is 8.00. The predicted octanol–water partition coefficient (Wildman–Crippen LogP) is 2.52. The van der Waals surface area contributed by atoms with Gasteiger partial charge in [-0.2, -0.15) is 0 Å². The lowest BCUT2D eigenvalue weighted by Crippen LogP contribution is -2.20. The molecule has 1 saturated heterocycles. The summed E-state index contributed by atoms with van der Waals surface area (Å²) in [4.78, 5) is 6.55. The monoisotopic (exact) mass is 424 g/mol. The van der Waals surface area contributed by atoms with Crippen LogP contribution in [0.1, 0.15) is 11.8 Å². The predicted molar refractivity (Wildman–Crippen MR) is 110 cm³/mol. The summed E-state index contributed by atoms with van der Waals surface area (Å²) in [6.07, 6.45) is 1.97. The van der Waals surface area contributed by atoms with Crippen LogP contribution in [0.15, 0.2) is 34.2 Å². The lowest BCUT2D eigenvalue weighted by atomic mass is 10.2. The maximum Gasteiger partial charge on any atom is 0.202 e. The van der Waals surface area contributed by atoms with E-state index in [0.29, 0.717) is 30.2 Å². The minimum Gasteiger partial charge on any atom is -0.490 e. The quantitative estimate of drug-likeness (QED) is 0.460. The molecular weight excluding hydrogens is 404 g/mol. The zero-order valence-electron chi connectivity index (χ0n) is 14.4. The van der Waals surface area contributed by atoms with Crippen LogP contribution in [0.2, 0.25) is 0 Å². The lowest BCUT2D eigenvalue weighted by molar-refractivity contribution is 0.137. The molecule has 4 rings (SSSR count). The summed E-state index contributed by atoms with van der Waals surface area (Å²) in [7, 11) is 0. The van der Waals surface area contributed by atoms with Gasteiger partial charge >= 0.3 is 0 Å². The van der Waals surface area contributed by atoms with E-state index in [2.05, 4.69) is 10.3 Å². The van der Waals surface area contributed by atoms with Crippen LogP contribution in [0, 0.1) is 4.77 Å². The Bertz CT molecular complexity index is 907. The van der Waals surface area contributed by atoms with Crippen LogP contribution in [0.5, 0.6) is 5.75 Å². The van der Waals surface area contributed by atoms with Gasteiger partial charge in [-0.05, 0) is 24.4 Å². The van der Waals surface area contributed by atoms with Gasteiger partial charge in [-0.3, -0.25) is 0 Å². The van der Waals surface area contributed by atoms with Gasteiger partial charge in [-0.25, -0.2) is 4.98 Å². The Kier molecular flexibility index (Phi) is 5.62. The van der Waals surface area contributed by atoms with Crippen LogP contribution < -0.4 is 15.8 Å². The number of para-hydroxylation sites is 1. The third-order valence-electron chi connectivity index (χ3n) is 4.44. The molecule has 0 aliphatic carbocycles. The van der Waals surface area contributed by atoms with Gasteiger partial charge in [0.1, 0.15) is 18.2 Å². The number of nitrogens with two attached hydrogens (primary N) is 1. The summed E-state index contributed by atoms with van der Waals surface area (Å²) >= 11 is 8.61. The molecule has 2 aliphatic rings. The molecule has 0 saturated carbocycles. The van der Waals surface area contributed by atoms with Gasteiger partial charge < -0.3 is 30.6 Å². The molecular formula is C17H20N4O3S3. The summed E-state index contributed by atoms with van der Waals surface area (Å²) in [5, 5.41) is 22.6. The minimum atomic E-state index is -0.545. The Hall–Kier alpha value is -1.30. The zero-order chi connectivity index (χ0) is 19.0. The van der Waals surface area contributed by atoms with Crippen molar-refractivity contribution in [2.24, 2.45) is 5.73 Å². The van der Waals surface area contributed by atoms with Gasteiger partial charge in [0.2, 0.25) is 4.77 Å². The number of thioether (sulfide) groups is 1. The highest BCUT2D eigenvalue weighted by Crippen LogP contribution is 2.48. The van der Waals surface area contributed by atoms with Crippen molar-refractivity contribution < 1.29 is 14.9 Å². The topological polar surface area (TPSA) is 106 Å². The van der Waals surface area contributed by atoms with E-state index in [9.17, 15) is 10.2 Å². The van der Waals surface area contributed by atoms with E-state index in [4.69, 9.17) is 22.7 Å². The molecule has 2 aliphatic heterocycles. The van der Waals surface area contributed by atoms with Crippen LogP contribution in [0.3, 0.4) is 0 Å². The van der Waals surface area contributed by atoms with E-state index in [0.717, 1.165) is 21.2 Å². The average molecular weight is 425 g/mol. The Morgan fingerprint density at radius 2 is 2.26 bits per heavy atom. The fourth-order valence-corrected chi connectivity index (χ4v) is 5.83. The molecule has 0 radical (unpaired) electrons. The van der Waals surface area contributed by atoms with E-state index in [1.54, 1.807) is 11.8 Å². The number of aliphatic hydroxyl groups is 2. The number of aliphatic hydroxyl groups excluding tert-OH is 2. The Morgan fingerprint density at radius 3 is 3.00 bits per heavy atom. The number of ether oxygens (including phenoxy) is 1. The number of fused-ring (bicyclic) bond motifs is 2. The van der Waals surface area contributed by atoms with Crippen molar-refractivity contribution in [2.75, 3.05) is 25.1 Å². The molecule has 3 atom stereocenters. The summed E-state index contributed by atoms with van der Waals surface area (Å²) in [6, 6.07) is 5.87. The molecule has 1 aromatic carbocycles. The number of hydrogen-bond donors (Lipinski definition) is 4. The first kappa shape index (κ1) is 19.0. The third-order valence-corrected chi connectivity index (χ3v) is 7.37. The first-order valence-electron chi connectivity index (χ1n) is 8.59. The third kappa shape index (κ3) is 3.69.